The van der Waals surface area contributed by atoms with Crippen LogP contribution in [0.1, 0.15) is 63.0 Å². The van der Waals surface area contributed by atoms with Gasteiger partial charge in [-0.2, -0.15) is 0 Å². The smallest absolute Gasteiger partial charge is 0.254 e. The molecule has 1 N–H and O–H groups in total. The first-order valence-electron chi connectivity index (χ1n) is 11.1. The van der Waals surface area contributed by atoms with Gasteiger partial charge in [0.05, 0.1) is 17.3 Å². The van der Waals surface area contributed by atoms with Gasteiger partial charge in [0.25, 0.3) is 5.91 Å². The molecule has 2 aromatic carbocycles. The monoisotopic (exact) mass is 432 g/mol. The van der Waals surface area contributed by atoms with Crippen LogP contribution in [0.25, 0.3) is 0 Å². The van der Waals surface area contributed by atoms with E-state index in [2.05, 4.69) is 47.2 Å². The number of benzene rings is 2. The molecule has 6 heteroatoms. The van der Waals surface area contributed by atoms with Crippen LogP contribution in [0.4, 0.5) is 4.39 Å². The lowest BCUT2D eigenvalue weighted by atomic mass is 10.1. The summed E-state index contributed by atoms with van der Waals surface area (Å²) >= 11 is 0. The van der Waals surface area contributed by atoms with Crippen molar-refractivity contribution in [1.82, 2.24) is 20.2 Å². The highest BCUT2D eigenvalue weighted by Crippen LogP contribution is 2.31. The number of nitrogens with zero attached hydrogens (tertiary/aromatic N) is 3. The number of hydrogen-bond donors (Lipinski definition) is 1. The topological polar surface area (TPSA) is 58.1 Å². The Morgan fingerprint density at radius 2 is 1.84 bits per heavy atom. The molecular formula is C26H29FN4O. The van der Waals surface area contributed by atoms with Crippen LogP contribution >= 0.6 is 0 Å². The summed E-state index contributed by atoms with van der Waals surface area (Å²) in [6.45, 7) is 8.33. The summed E-state index contributed by atoms with van der Waals surface area (Å²) in [6, 6.07) is 12.9. The highest BCUT2D eigenvalue weighted by Gasteiger charge is 2.29. The zero-order valence-electron chi connectivity index (χ0n) is 18.9. The second-order valence-corrected chi connectivity index (χ2v) is 8.58. The molecule has 1 saturated heterocycles. The predicted molar refractivity (Wildman–Crippen MR) is 123 cm³/mol. The molecule has 0 saturated carbocycles. The number of nitrogens with one attached hydrogen (secondary N) is 1. The zero-order chi connectivity index (χ0) is 22.7. The van der Waals surface area contributed by atoms with Gasteiger partial charge in [-0.3, -0.25) is 9.69 Å². The fourth-order valence-corrected chi connectivity index (χ4v) is 4.19. The second-order valence-electron chi connectivity index (χ2n) is 8.58. The van der Waals surface area contributed by atoms with Gasteiger partial charge in [0.1, 0.15) is 11.6 Å². The van der Waals surface area contributed by atoms with Crippen LogP contribution in [-0.2, 0) is 13.1 Å². The fraction of sp³-hybridized carbons (Fsp3) is 0.346. The maximum Gasteiger partial charge on any atom is 0.254 e. The molecule has 0 spiro atoms. The molecule has 1 fully saturated rings. The summed E-state index contributed by atoms with van der Waals surface area (Å²) in [5.74, 6) is 0.258. The van der Waals surface area contributed by atoms with E-state index in [0.717, 1.165) is 37.3 Å². The third-order valence-corrected chi connectivity index (χ3v) is 6.23. The molecule has 5 nitrogen and oxygen atoms in total. The van der Waals surface area contributed by atoms with Gasteiger partial charge in [-0.25, -0.2) is 14.4 Å². The van der Waals surface area contributed by atoms with Crippen LogP contribution in [0.2, 0.25) is 0 Å². The van der Waals surface area contributed by atoms with Crippen LogP contribution in [0.15, 0.2) is 48.7 Å². The van der Waals surface area contributed by atoms with Crippen LogP contribution in [0.3, 0.4) is 0 Å². The number of carbonyl (C=O) groups is 1. The number of rotatable bonds is 6. The molecule has 0 bridgehead atoms. The van der Waals surface area contributed by atoms with Crippen molar-refractivity contribution in [3.8, 4) is 0 Å². The SMILES string of the molecule is Cc1ccc(CN2CCCC2c2ncc(C(=O)NCc3ccc(F)cc3)c(C)n2)cc1C. The minimum atomic E-state index is -0.293. The van der Waals surface area contributed by atoms with E-state index in [1.807, 2.05) is 6.92 Å². The van der Waals surface area contributed by atoms with Gasteiger partial charge in [0.15, 0.2) is 0 Å². The lowest BCUT2D eigenvalue weighted by Crippen LogP contribution is -2.27. The van der Waals surface area contributed by atoms with Crippen LogP contribution in [0, 0.1) is 26.6 Å². The Hall–Kier alpha value is -3.12. The number of aryl methyl sites for hydroxylation is 3. The minimum Gasteiger partial charge on any atom is -0.348 e. The molecule has 2 heterocycles. The van der Waals surface area contributed by atoms with E-state index in [0.29, 0.717) is 17.8 Å². The van der Waals surface area contributed by atoms with E-state index in [9.17, 15) is 9.18 Å². The van der Waals surface area contributed by atoms with Crippen molar-refractivity contribution in [1.29, 1.82) is 0 Å². The van der Waals surface area contributed by atoms with Crippen LogP contribution in [0.5, 0.6) is 0 Å². The maximum absolute atomic E-state index is 13.0. The van der Waals surface area contributed by atoms with Gasteiger partial charge >= 0.3 is 0 Å². The molecule has 1 aliphatic heterocycles. The van der Waals surface area contributed by atoms with Gasteiger partial charge in [-0.05, 0) is 74.5 Å². The number of halogens is 1. The summed E-state index contributed by atoms with van der Waals surface area (Å²) in [4.78, 5) is 24.3. The Balaban J connectivity index is 1.43. The first-order chi connectivity index (χ1) is 15.4. The van der Waals surface area contributed by atoms with Crippen molar-refractivity contribution >= 4 is 5.91 Å². The highest BCUT2D eigenvalue weighted by molar-refractivity contribution is 5.94. The van der Waals surface area contributed by atoms with Crippen molar-refractivity contribution < 1.29 is 9.18 Å². The number of amides is 1. The summed E-state index contributed by atoms with van der Waals surface area (Å²) in [6.07, 6.45) is 3.75. The number of carbonyl (C=O) groups excluding carboxylic acids is 1. The van der Waals surface area contributed by atoms with Gasteiger partial charge in [-0.15, -0.1) is 0 Å². The lowest BCUT2D eigenvalue weighted by molar-refractivity contribution is 0.0949. The normalized spacial score (nSPS) is 16.3. The van der Waals surface area contributed by atoms with Crippen LogP contribution in [-0.4, -0.2) is 27.3 Å². The average molecular weight is 433 g/mol. The van der Waals surface area contributed by atoms with E-state index >= 15 is 0 Å². The quantitative estimate of drug-likeness (QED) is 0.607. The predicted octanol–water partition coefficient (Wildman–Crippen LogP) is 4.81. The standard InChI is InChI=1S/C26H29FN4O/c1-17-6-7-21(13-18(17)2)16-31-12-4-5-24(31)25-28-15-23(19(3)30-25)26(32)29-14-20-8-10-22(27)11-9-20/h6-11,13,15,24H,4-5,12,14,16H2,1-3H3,(H,29,32). The van der Waals surface area contributed by atoms with Gasteiger partial charge in [-0.1, -0.05) is 30.3 Å². The molecule has 1 unspecified atom stereocenters. The first-order valence-corrected chi connectivity index (χ1v) is 11.1. The van der Waals surface area contributed by atoms with Crippen molar-refractivity contribution in [3.63, 3.8) is 0 Å². The summed E-state index contributed by atoms with van der Waals surface area (Å²) < 4.78 is 13.0. The van der Waals surface area contributed by atoms with Crippen molar-refractivity contribution in [2.45, 2.75) is 52.7 Å². The van der Waals surface area contributed by atoms with E-state index in [-0.39, 0.29) is 17.8 Å². The van der Waals surface area contributed by atoms with Gasteiger partial charge in [0, 0.05) is 19.3 Å². The molecule has 1 atom stereocenters. The number of hydrogen-bond acceptors (Lipinski definition) is 4. The molecule has 1 amide bonds. The molecular weight excluding hydrogens is 403 g/mol. The second kappa shape index (κ2) is 9.57. The van der Waals surface area contributed by atoms with E-state index in [4.69, 9.17) is 4.98 Å². The maximum atomic E-state index is 13.0. The highest BCUT2D eigenvalue weighted by atomic mass is 19.1. The van der Waals surface area contributed by atoms with Crippen LogP contribution < -0.4 is 5.32 Å². The molecule has 0 radical (unpaired) electrons. The molecule has 1 aromatic heterocycles. The number of aromatic nitrogens is 2. The summed E-state index contributed by atoms with van der Waals surface area (Å²) in [5.41, 5.74) is 5.89. The molecule has 1 aliphatic rings. The zero-order valence-corrected chi connectivity index (χ0v) is 18.9. The Morgan fingerprint density at radius 3 is 2.56 bits per heavy atom. The largest absolute Gasteiger partial charge is 0.348 e. The summed E-state index contributed by atoms with van der Waals surface area (Å²) in [5, 5.41) is 2.86. The third kappa shape index (κ3) is 5.02. The number of likely N-dealkylation sites (tertiary alicyclic amines) is 1. The first kappa shape index (κ1) is 22.1. The van der Waals surface area contributed by atoms with E-state index < -0.39 is 0 Å². The molecule has 166 valence electrons. The molecule has 3 aromatic rings. The van der Waals surface area contributed by atoms with Gasteiger partial charge < -0.3 is 5.32 Å². The molecule has 4 rings (SSSR count). The van der Waals surface area contributed by atoms with E-state index in [1.54, 1.807) is 18.3 Å². The Labute approximate surface area is 188 Å². The van der Waals surface area contributed by atoms with E-state index in [1.165, 1.54) is 28.8 Å². The van der Waals surface area contributed by atoms with Gasteiger partial charge in [0.2, 0.25) is 0 Å². The van der Waals surface area contributed by atoms with Crippen molar-refractivity contribution in [2.75, 3.05) is 6.54 Å². The average Bonchev–Trinajstić information content (AvgIpc) is 3.23. The minimum absolute atomic E-state index is 0.159. The summed E-state index contributed by atoms with van der Waals surface area (Å²) in [7, 11) is 0. The Kier molecular flexibility index (Phi) is 6.61. The third-order valence-electron chi connectivity index (χ3n) is 6.23. The lowest BCUT2D eigenvalue weighted by Gasteiger charge is -2.24. The van der Waals surface area contributed by atoms with Crippen molar-refractivity contribution in [2.24, 2.45) is 0 Å². The molecule has 32 heavy (non-hydrogen) atoms. The molecule has 0 aliphatic carbocycles. The van der Waals surface area contributed by atoms with Crippen molar-refractivity contribution in [3.05, 3.63) is 93.8 Å². The fourth-order valence-electron chi connectivity index (χ4n) is 4.19. The Bertz CT molecular complexity index is 1110. The Morgan fingerprint density at radius 1 is 1.09 bits per heavy atom.